The standard InChI is InChI=1S/C19H21N3O7S2/c1-3-12(15(20)24)30-18-14(17(26)27)21-16(25)13(9(2)23)19(21,31-18)8-10-4-6-11(7-5-10)22(28)29/h4-7,9,12-13,23H,3,8H2,1-2H3,(H2,20,24)(H,26,27)/t9-,12?,13+,19-/m1/s1. The number of β-lactam (4-membered cyclic amide) rings is 1. The van der Waals surface area contributed by atoms with Crippen LogP contribution >= 0.6 is 23.5 Å². The molecular weight excluding hydrogens is 446 g/mol. The topological polar surface area (TPSA) is 164 Å². The number of aliphatic hydroxyl groups is 1. The number of hydrogen-bond donors (Lipinski definition) is 3. The number of carboxylic acids is 1. The van der Waals surface area contributed by atoms with Gasteiger partial charge in [0.05, 0.1) is 26.4 Å². The quantitative estimate of drug-likeness (QED) is 0.278. The van der Waals surface area contributed by atoms with Gasteiger partial charge in [-0.2, -0.15) is 0 Å². The summed E-state index contributed by atoms with van der Waals surface area (Å²) >= 11 is 2.11. The number of thioether (sulfide) groups is 2. The molecule has 4 N–H and O–H groups in total. The van der Waals surface area contributed by atoms with Gasteiger partial charge in [-0.3, -0.25) is 24.6 Å². The van der Waals surface area contributed by atoms with Gasteiger partial charge in [0.2, 0.25) is 11.8 Å². The van der Waals surface area contributed by atoms with Crippen molar-refractivity contribution in [3.63, 3.8) is 0 Å². The second kappa shape index (κ2) is 8.52. The van der Waals surface area contributed by atoms with Crippen LogP contribution < -0.4 is 5.73 Å². The van der Waals surface area contributed by atoms with Crippen molar-refractivity contribution in [2.75, 3.05) is 0 Å². The maximum Gasteiger partial charge on any atom is 0.354 e. The molecule has 0 aliphatic carbocycles. The Bertz CT molecular complexity index is 979. The van der Waals surface area contributed by atoms with Gasteiger partial charge in [-0.05, 0) is 18.9 Å². The van der Waals surface area contributed by atoms with Crippen LogP contribution in [0.4, 0.5) is 5.69 Å². The van der Waals surface area contributed by atoms with Gasteiger partial charge >= 0.3 is 5.97 Å². The second-order valence-corrected chi connectivity index (χ2v) is 10.1. The average molecular weight is 468 g/mol. The van der Waals surface area contributed by atoms with E-state index in [0.717, 1.165) is 28.4 Å². The van der Waals surface area contributed by atoms with E-state index in [2.05, 4.69) is 0 Å². The first-order valence-corrected chi connectivity index (χ1v) is 11.1. The third-order valence-corrected chi connectivity index (χ3v) is 8.37. The Morgan fingerprint density at radius 2 is 2.00 bits per heavy atom. The van der Waals surface area contributed by atoms with Crippen LogP contribution in [0.5, 0.6) is 0 Å². The van der Waals surface area contributed by atoms with Crippen LogP contribution in [0.3, 0.4) is 0 Å². The largest absolute Gasteiger partial charge is 0.477 e. The Balaban J connectivity index is 2.01. The van der Waals surface area contributed by atoms with E-state index in [-0.39, 0.29) is 22.0 Å². The number of aliphatic hydroxyl groups excluding tert-OH is 1. The fourth-order valence-electron chi connectivity index (χ4n) is 3.87. The summed E-state index contributed by atoms with van der Waals surface area (Å²) in [4.78, 5) is 47.0. The molecule has 2 heterocycles. The van der Waals surface area contributed by atoms with Crippen LogP contribution in [0.15, 0.2) is 34.2 Å². The summed E-state index contributed by atoms with van der Waals surface area (Å²) in [5, 5.41) is 30.3. The lowest BCUT2D eigenvalue weighted by molar-refractivity contribution is -0.384. The number of primary amides is 1. The molecule has 0 spiro atoms. The van der Waals surface area contributed by atoms with Crippen LogP contribution in [-0.2, 0) is 20.8 Å². The Labute approximate surface area is 186 Å². The molecule has 12 heteroatoms. The zero-order chi connectivity index (χ0) is 23.1. The molecule has 2 amide bonds. The monoisotopic (exact) mass is 467 g/mol. The molecule has 31 heavy (non-hydrogen) atoms. The number of nitro benzene ring substituents is 1. The molecule has 1 aromatic carbocycles. The molecule has 1 saturated heterocycles. The molecule has 3 rings (SSSR count). The highest BCUT2D eigenvalue weighted by Gasteiger charge is 2.68. The van der Waals surface area contributed by atoms with E-state index in [4.69, 9.17) is 5.73 Å². The fraction of sp³-hybridized carbons (Fsp3) is 0.421. The zero-order valence-electron chi connectivity index (χ0n) is 16.7. The van der Waals surface area contributed by atoms with Crippen molar-refractivity contribution in [3.05, 3.63) is 49.9 Å². The van der Waals surface area contributed by atoms with Gasteiger partial charge in [-0.25, -0.2) is 4.79 Å². The molecule has 0 bridgehead atoms. The van der Waals surface area contributed by atoms with E-state index in [1.807, 2.05) is 0 Å². The summed E-state index contributed by atoms with van der Waals surface area (Å²) in [6, 6.07) is 5.74. The highest BCUT2D eigenvalue weighted by Crippen LogP contribution is 2.63. The second-order valence-electron chi connectivity index (χ2n) is 7.30. The smallest absolute Gasteiger partial charge is 0.354 e. The normalized spacial score (nSPS) is 24.4. The van der Waals surface area contributed by atoms with Crippen molar-refractivity contribution in [1.82, 2.24) is 4.90 Å². The minimum absolute atomic E-state index is 0.0956. The van der Waals surface area contributed by atoms with E-state index >= 15 is 0 Å². The number of fused-ring (bicyclic) bond motifs is 1. The molecule has 4 atom stereocenters. The molecule has 0 saturated carbocycles. The summed E-state index contributed by atoms with van der Waals surface area (Å²) in [5.41, 5.74) is 5.72. The van der Waals surface area contributed by atoms with E-state index in [1.54, 1.807) is 6.92 Å². The third kappa shape index (κ3) is 3.90. The number of nitro groups is 1. The number of hydrogen-bond acceptors (Lipinski definition) is 8. The SMILES string of the molecule is CCC(SC1=C(C(=O)O)N2C(=O)[C@H]([C@@H](C)O)[C@@]2(Cc2ccc([N+](=O)[O-])cc2)S1)C(N)=O. The lowest BCUT2D eigenvalue weighted by Gasteiger charge is -2.54. The lowest BCUT2D eigenvalue weighted by atomic mass is 9.78. The van der Waals surface area contributed by atoms with Gasteiger partial charge in [0.1, 0.15) is 4.87 Å². The van der Waals surface area contributed by atoms with Gasteiger partial charge in [0.25, 0.3) is 5.69 Å². The Hall–Kier alpha value is -2.57. The highest BCUT2D eigenvalue weighted by atomic mass is 32.2. The molecule has 0 radical (unpaired) electrons. The number of non-ortho nitro benzene ring substituents is 1. The molecule has 1 unspecified atom stereocenters. The number of benzene rings is 1. The number of carbonyl (C=O) groups excluding carboxylic acids is 2. The summed E-state index contributed by atoms with van der Waals surface area (Å²) in [7, 11) is 0. The number of aliphatic carboxylic acids is 1. The first kappa shape index (κ1) is 23.1. The first-order valence-electron chi connectivity index (χ1n) is 9.41. The van der Waals surface area contributed by atoms with Crippen molar-refractivity contribution in [1.29, 1.82) is 0 Å². The van der Waals surface area contributed by atoms with Gasteiger partial charge in [0.15, 0.2) is 5.70 Å². The maximum absolute atomic E-state index is 12.8. The lowest BCUT2D eigenvalue weighted by Crippen LogP contribution is -2.70. The Kier molecular flexibility index (Phi) is 6.35. The van der Waals surface area contributed by atoms with Crippen LogP contribution in [0.2, 0.25) is 0 Å². The molecule has 1 aromatic rings. The van der Waals surface area contributed by atoms with Gasteiger partial charge in [-0.15, -0.1) is 11.8 Å². The average Bonchev–Trinajstić information content (AvgIpc) is 2.95. The Morgan fingerprint density at radius 1 is 1.39 bits per heavy atom. The van der Waals surface area contributed by atoms with Crippen LogP contribution in [0, 0.1) is 16.0 Å². The van der Waals surface area contributed by atoms with E-state index in [9.17, 15) is 34.7 Å². The highest BCUT2D eigenvalue weighted by molar-refractivity contribution is 8.23. The molecule has 2 aliphatic heterocycles. The molecular formula is C19H21N3O7S2. The number of rotatable bonds is 9. The minimum Gasteiger partial charge on any atom is -0.477 e. The molecule has 166 valence electrons. The summed E-state index contributed by atoms with van der Waals surface area (Å²) in [5.74, 6) is -3.32. The van der Waals surface area contributed by atoms with Crippen molar-refractivity contribution in [2.24, 2.45) is 11.7 Å². The predicted octanol–water partition coefficient (Wildman–Crippen LogP) is 1.67. The number of carboxylic acid groups (broad SMARTS) is 1. The molecule has 2 aliphatic rings. The van der Waals surface area contributed by atoms with Crippen molar-refractivity contribution in [3.8, 4) is 0 Å². The minimum atomic E-state index is -1.32. The van der Waals surface area contributed by atoms with E-state index < -0.39 is 44.8 Å². The number of nitrogens with zero attached hydrogens (tertiary/aromatic N) is 2. The molecule has 10 nitrogen and oxygen atoms in total. The first-order chi connectivity index (χ1) is 14.5. The summed E-state index contributed by atoms with van der Waals surface area (Å²) in [6.07, 6.45) is -0.516. The van der Waals surface area contributed by atoms with Crippen molar-refractivity contribution < 1.29 is 29.5 Å². The van der Waals surface area contributed by atoms with E-state index in [0.29, 0.717) is 12.0 Å². The molecule has 1 fully saturated rings. The summed E-state index contributed by atoms with van der Waals surface area (Å²) in [6.45, 7) is 3.20. The Morgan fingerprint density at radius 3 is 2.45 bits per heavy atom. The predicted molar refractivity (Wildman–Crippen MR) is 115 cm³/mol. The van der Waals surface area contributed by atoms with Crippen LogP contribution in [-0.4, -0.2) is 54.0 Å². The number of amides is 2. The van der Waals surface area contributed by atoms with Gasteiger partial charge in [-0.1, -0.05) is 30.8 Å². The number of nitrogens with two attached hydrogens (primary N) is 1. The van der Waals surface area contributed by atoms with E-state index in [1.165, 1.54) is 31.2 Å². The van der Waals surface area contributed by atoms with Crippen molar-refractivity contribution in [2.45, 2.75) is 42.9 Å². The third-order valence-electron chi connectivity index (χ3n) is 5.26. The van der Waals surface area contributed by atoms with Crippen molar-refractivity contribution >= 4 is 47.0 Å². The van der Waals surface area contributed by atoms with Gasteiger partial charge in [0, 0.05) is 18.6 Å². The molecule has 0 aromatic heterocycles. The fourth-order valence-corrected chi connectivity index (χ4v) is 7.21. The summed E-state index contributed by atoms with van der Waals surface area (Å²) < 4.78 is 0.275. The van der Waals surface area contributed by atoms with Crippen LogP contribution in [0.25, 0.3) is 0 Å². The van der Waals surface area contributed by atoms with Gasteiger partial charge < -0.3 is 15.9 Å². The zero-order valence-corrected chi connectivity index (χ0v) is 18.3. The number of carbonyl (C=O) groups is 3. The van der Waals surface area contributed by atoms with Crippen LogP contribution in [0.1, 0.15) is 25.8 Å². The maximum atomic E-state index is 12.8.